The molecule has 0 bridgehead atoms. The smallest absolute Gasteiger partial charge is 0.320 e. The fourth-order valence-electron chi connectivity index (χ4n) is 3.08. The zero-order valence-electron chi connectivity index (χ0n) is 11.6. The van der Waals surface area contributed by atoms with Crippen molar-refractivity contribution in [2.24, 2.45) is 5.92 Å². The molecule has 0 aromatic heterocycles. The summed E-state index contributed by atoms with van der Waals surface area (Å²) in [7, 11) is 0. The molecule has 104 valence electrons. The van der Waals surface area contributed by atoms with Crippen molar-refractivity contribution in [3.63, 3.8) is 0 Å². The lowest BCUT2D eigenvalue weighted by Crippen LogP contribution is -2.54. The maximum Gasteiger partial charge on any atom is 0.320 e. The van der Waals surface area contributed by atoms with Gasteiger partial charge in [-0.25, -0.2) is 0 Å². The Bertz CT molecular complexity index is 284. The van der Waals surface area contributed by atoms with E-state index in [1.165, 1.54) is 25.7 Å². The molecule has 2 aliphatic rings. The molecule has 0 aromatic carbocycles. The summed E-state index contributed by atoms with van der Waals surface area (Å²) in [4.78, 5) is 15.6. The van der Waals surface area contributed by atoms with Gasteiger partial charge in [-0.3, -0.25) is 14.6 Å². The van der Waals surface area contributed by atoms with E-state index in [4.69, 9.17) is 5.11 Å². The van der Waals surface area contributed by atoms with Gasteiger partial charge in [0.15, 0.2) is 0 Å². The maximum absolute atomic E-state index is 11.0. The molecule has 1 N–H and O–H groups in total. The Morgan fingerprint density at radius 1 is 1.17 bits per heavy atom. The topological polar surface area (TPSA) is 43.8 Å². The molecule has 1 saturated carbocycles. The summed E-state index contributed by atoms with van der Waals surface area (Å²) in [6.07, 6.45) is 5.58. The minimum atomic E-state index is -0.703. The highest BCUT2D eigenvalue weighted by Crippen LogP contribution is 2.31. The molecule has 2 unspecified atom stereocenters. The summed E-state index contributed by atoms with van der Waals surface area (Å²) in [6.45, 7) is 7.94. The predicted molar refractivity (Wildman–Crippen MR) is 71.7 cm³/mol. The Hall–Kier alpha value is -0.610. The molecular formula is C14H26N2O2. The molecule has 0 radical (unpaired) electrons. The zero-order valence-corrected chi connectivity index (χ0v) is 11.6. The van der Waals surface area contributed by atoms with E-state index in [1.807, 2.05) is 0 Å². The Labute approximate surface area is 110 Å². The van der Waals surface area contributed by atoms with Crippen LogP contribution in [0.3, 0.4) is 0 Å². The zero-order chi connectivity index (χ0) is 13.1. The first-order valence-corrected chi connectivity index (χ1v) is 7.29. The van der Waals surface area contributed by atoms with Gasteiger partial charge in [0.25, 0.3) is 0 Å². The number of nitrogens with zero attached hydrogens (tertiary/aromatic N) is 2. The Morgan fingerprint density at radius 2 is 1.72 bits per heavy atom. The molecular weight excluding hydrogens is 228 g/mol. The fraction of sp³-hybridized carbons (Fsp3) is 0.929. The van der Waals surface area contributed by atoms with Crippen molar-refractivity contribution in [1.82, 2.24) is 9.80 Å². The molecule has 18 heavy (non-hydrogen) atoms. The van der Waals surface area contributed by atoms with Crippen LogP contribution in [0.5, 0.6) is 0 Å². The van der Waals surface area contributed by atoms with Gasteiger partial charge in [0, 0.05) is 32.2 Å². The van der Waals surface area contributed by atoms with Gasteiger partial charge in [0.2, 0.25) is 0 Å². The summed E-state index contributed by atoms with van der Waals surface area (Å²) in [5, 5.41) is 9.01. The highest BCUT2D eigenvalue weighted by molar-refractivity contribution is 5.72. The van der Waals surface area contributed by atoms with Crippen molar-refractivity contribution in [2.45, 2.75) is 51.6 Å². The quantitative estimate of drug-likeness (QED) is 0.810. The number of piperazine rings is 1. The van der Waals surface area contributed by atoms with E-state index in [9.17, 15) is 4.79 Å². The van der Waals surface area contributed by atoms with Gasteiger partial charge in [0.1, 0.15) is 6.04 Å². The molecule has 0 spiro atoms. The number of rotatable bonds is 5. The second kappa shape index (κ2) is 6.02. The standard InChI is InChI=1S/C14H26N2O2/c1-11(10-13-4-3-5-13)15-6-8-16(9-7-15)12(2)14(17)18/h11-13H,3-10H2,1-2H3,(H,17,18). The van der Waals surface area contributed by atoms with Crippen LogP contribution < -0.4 is 0 Å². The maximum atomic E-state index is 11.0. The molecule has 0 aromatic rings. The molecule has 1 aliphatic carbocycles. The van der Waals surface area contributed by atoms with Crippen LogP contribution in [0.2, 0.25) is 0 Å². The molecule has 2 rings (SSSR count). The number of carboxylic acids is 1. The largest absolute Gasteiger partial charge is 0.480 e. The SMILES string of the molecule is CC(CC1CCC1)N1CCN(C(C)C(=O)O)CC1. The second-order valence-corrected chi connectivity index (χ2v) is 5.97. The summed E-state index contributed by atoms with van der Waals surface area (Å²) < 4.78 is 0. The van der Waals surface area contributed by atoms with Crippen molar-refractivity contribution < 1.29 is 9.90 Å². The number of carboxylic acid groups (broad SMARTS) is 1. The van der Waals surface area contributed by atoms with Crippen LogP contribution in [-0.4, -0.2) is 59.1 Å². The van der Waals surface area contributed by atoms with Crippen LogP contribution in [0, 0.1) is 5.92 Å². The summed E-state index contributed by atoms with van der Waals surface area (Å²) in [5.74, 6) is 0.252. The van der Waals surface area contributed by atoms with Crippen molar-refractivity contribution >= 4 is 5.97 Å². The summed E-state index contributed by atoms with van der Waals surface area (Å²) >= 11 is 0. The van der Waals surface area contributed by atoms with Crippen LogP contribution >= 0.6 is 0 Å². The number of hydrogen-bond donors (Lipinski definition) is 1. The Balaban J connectivity index is 1.73. The lowest BCUT2D eigenvalue weighted by molar-refractivity contribution is -0.143. The molecule has 0 amide bonds. The van der Waals surface area contributed by atoms with Crippen molar-refractivity contribution in [2.75, 3.05) is 26.2 Å². The predicted octanol–water partition coefficient (Wildman–Crippen LogP) is 1.66. The average molecular weight is 254 g/mol. The van der Waals surface area contributed by atoms with E-state index in [0.717, 1.165) is 32.1 Å². The first-order chi connectivity index (χ1) is 8.58. The average Bonchev–Trinajstić information content (AvgIpc) is 2.32. The van der Waals surface area contributed by atoms with Gasteiger partial charge < -0.3 is 5.11 Å². The van der Waals surface area contributed by atoms with Crippen LogP contribution in [0.1, 0.15) is 39.5 Å². The summed E-state index contributed by atoms with van der Waals surface area (Å²) in [6, 6.07) is 0.326. The van der Waals surface area contributed by atoms with Crippen LogP contribution in [0.25, 0.3) is 0 Å². The fourth-order valence-corrected chi connectivity index (χ4v) is 3.08. The highest BCUT2D eigenvalue weighted by atomic mass is 16.4. The third kappa shape index (κ3) is 3.23. The van der Waals surface area contributed by atoms with E-state index >= 15 is 0 Å². The highest BCUT2D eigenvalue weighted by Gasteiger charge is 2.28. The van der Waals surface area contributed by atoms with Gasteiger partial charge in [-0.1, -0.05) is 19.3 Å². The van der Waals surface area contributed by atoms with Crippen LogP contribution in [0.15, 0.2) is 0 Å². The first kappa shape index (κ1) is 13.8. The molecule has 4 nitrogen and oxygen atoms in total. The molecule has 1 saturated heterocycles. The normalized spacial score (nSPS) is 26.6. The Kier molecular flexibility index (Phi) is 4.62. The second-order valence-electron chi connectivity index (χ2n) is 5.97. The minimum Gasteiger partial charge on any atom is -0.480 e. The number of hydrogen-bond acceptors (Lipinski definition) is 3. The van der Waals surface area contributed by atoms with Gasteiger partial charge in [-0.2, -0.15) is 0 Å². The van der Waals surface area contributed by atoms with E-state index < -0.39 is 5.97 Å². The van der Waals surface area contributed by atoms with Gasteiger partial charge in [-0.05, 0) is 26.2 Å². The Morgan fingerprint density at radius 3 is 2.17 bits per heavy atom. The molecule has 1 aliphatic heterocycles. The minimum absolute atomic E-state index is 0.339. The number of carbonyl (C=O) groups is 1. The first-order valence-electron chi connectivity index (χ1n) is 7.29. The van der Waals surface area contributed by atoms with E-state index in [1.54, 1.807) is 6.92 Å². The van der Waals surface area contributed by atoms with Crippen LogP contribution in [0.4, 0.5) is 0 Å². The molecule has 4 heteroatoms. The lowest BCUT2D eigenvalue weighted by atomic mass is 9.81. The van der Waals surface area contributed by atoms with E-state index in [0.29, 0.717) is 6.04 Å². The van der Waals surface area contributed by atoms with E-state index in [-0.39, 0.29) is 6.04 Å². The molecule has 1 heterocycles. The van der Waals surface area contributed by atoms with Crippen molar-refractivity contribution in [1.29, 1.82) is 0 Å². The lowest BCUT2D eigenvalue weighted by Gasteiger charge is -2.41. The van der Waals surface area contributed by atoms with Crippen molar-refractivity contribution in [3.8, 4) is 0 Å². The van der Waals surface area contributed by atoms with Gasteiger partial charge in [-0.15, -0.1) is 0 Å². The molecule has 2 fully saturated rings. The van der Waals surface area contributed by atoms with Crippen LogP contribution in [-0.2, 0) is 4.79 Å². The van der Waals surface area contributed by atoms with Gasteiger partial charge in [0.05, 0.1) is 0 Å². The number of aliphatic carboxylic acids is 1. The summed E-state index contributed by atoms with van der Waals surface area (Å²) in [5.41, 5.74) is 0. The van der Waals surface area contributed by atoms with Crippen molar-refractivity contribution in [3.05, 3.63) is 0 Å². The van der Waals surface area contributed by atoms with Gasteiger partial charge >= 0.3 is 5.97 Å². The third-order valence-corrected chi connectivity index (χ3v) is 4.78. The monoisotopic (exact) mass is 254 g/mol. The third-order valence-electron chi connectivity index (χ3n) is 4.78. The van der Waals surface area contributed by atoms with E-state index in [2.05, 4.69) is 16.7 Å². The molecule has 2 atom stereocenters.